The molecule has 1 aromatic rings. The van der Waals surface area contributed by atoms with Gasteiger partial charge in [-0.15, -0.1) is 0 Å². The number of hydrogen-bond acceptors (Lipinski definition) is 5. The Morgan fingerprint density at radius 3 is 2.59 bits per heavy atom. The number of carbonyl (C=O) groups is 2. The molecule has 6 heteroatoms. The highest BCUT2D eigenvalue weighted by Crippen LogP contribution is 2.13. The molecule has 1 aromatic heterocycles. The van der Waals surface area contributed by atoms with Crippen molar-refractivity contribution < 1.29 is 14.7 Å². The van der Waals surface area contributed by atoms with Crippen LogP contribution in [0, 0.1) is 5.92 Å². The van der Waals surface area contributed by atoms with Crippen molar-refractivity contribution >= 4 is 23.5 Å². The standard InChI is InChI=1S/C11H14N2O3S/c1-6(2)10(14)7-4-12-8(5-17-3)13-9(7)11(15)16/h4,6H,5H2,1-3H3,(H,15,16). The minimum Gasteiger partial charge on any atom is -0.476 e. The van der Waals surface area contributed by atoms with Gasteiger partial charge in [0.15, 0.2) is 11.5 Å². The first-order chi connectivity index (χ1) is 7.97. The Hall–Kier alpha value is -1.43. The van der Waals surface area contributed by atoms with Gasteiger partial charge in [-0.2, -0.15) is 11.8 Å². The molecule has 1 N–H and O–H groups in total. The summed E-state index contributed by atoms with van der Waals surface area (Å²) < 4.78 is 0. The van der Waals surface area contributed by atoms with Gasteiger partial charge in [-0.3, -0.25) is 4.79 Å². The van der Waals surface area contributed by atoms with Crippen molar-refractivity contribution in [1.82, 2.24) is 9.97 Å². The van der Waals surface area contributed by atoms with Crippen LogP contribution in [0.4, 0.5) is 0 Å². The van der Waals surface area contributed by atoms with E-state index in [1.54, 1.807) is 13.8 Å². The summed E-state index contributed by atoms with van der Waals surface area (Å²) in [5, 5.41) is 9.04. The largest absolute Gasteiger partial charge is 0.476 e. The molecule has 0 bridgehead atoms. The van der Waals surface area contributed by atoms with Crippen LogP contribution in [0.5, 0.6) is 0 Å². The second-order valence-corrected chi connectivity index (χ2v) is 4.67. The Bertz CT molecular complexity index is 446. The highest BCUT2D eigenvalue weighted by atomic mass is 32.2. The van der Waals surface area contributed by atoms with Crippen LogP contribution < -0.4 is 0 Å². The number of aromatic nitrogens is 2. The molecule has 0 spiro atoms. The highest BCUT2D eigenvalue weighted by molar-refractivity contribution is 7.97. The van der Waals surface area contributed by atoms with E-state index in [1.807, 2.05) is 6.26 Å². The molecule has 0 aliphatic carbocycles. The first kappa shape index (κ1) is 13.6. The van der Waals surface area contributed by atoms with E-state index in [4.69, 9.17) is 5.11 Å². The molecule has 0 saturated heterocycles. The van der Waals surface area contributed by atoms with E-state index in [0.29, 0.717) is 11.6 Å². The molecule has 1 heterocycles. The van der Waals surface area contributed by atoms with Crippen LogP contribution in [0.1, 0.15) is 40.5 Å². The van der Waals surface area contributed by atoms with Crippen LogP contribution in [-0.2, 0) is 5.75 Å². The number of hydrogen-bond donors (Lipinski definition) is 1. The van der Waals surface area contributed by atoms with E-state index in [-0.39, 0.29) is 23.0 Å². The molecule has 0 atom stereocenters. The smallest absolute Gasteiger partial charge is 0.355 e. The number of ketones is 1. The molecule has 0 unspecified atom stereocenters. The fraction of sp³-hybridized carbons (Fsp3) is 0.455. The van der Waals surface area contributed by atoms with E-state index in [9.17, 15) is 9.59 Å². The van der Waals surface area contributed by atoms with Gasteiger partial charge in [0.05, 0.1) is 11.3 Å². The monoisotopic (exact) mass is 254 g/mol. The van der Waals surface area contributed by atoms with Gasteiger partial charge >= 0.3 is 5.97 Å². The van der Waals surface area contributed by atoms with Gasteiger partial charge in [0.1, 0.15) is 5.82 Å². The molecule has 17 heavy (non-hydrogen) atoms. The normalized spacial score (nSPS) is 10.6. The molecule has 0 aromatic carbocycles. The average molecular weight is 254 g/mol. The average Bonchev–Trinajstić information content (AvgIpc) is 2.28. The lowest BCUT2D eigenvalue weighted by Crippen LogP contribution is -2.17. The van der Waals surface area contributed by atoms with Crippen LogP contribution in [0.15, 0.2) is 6.20 Å². The minimum atomic E-state index is -1.20. The highest BCUT2D eigenvalue weighted by Gasteiger charge is 2.21. The number of nitrogens with zero attached hydrogens (tertiary/aromatic N) is 2. The molecule has 0 radical (unpaired) electrons. The summed E-state index contributed by atoms with van der Waals surface area (Å²) in [5.74, 6) is -0.772. The van der Waals surface area contributed by atoms with Gasteiger partial charge in [0.2, 0.25) is 0 Å². The fourth-order valence-corrected chi connectivity index (χ4v) is 1.67. The molecular formula is C11H14N2O3S. The zero-order valence-electron chi connectivity index (χ0n) is 9.93. The predicted molar refractivity (Wildman–Crippen MR) is 65.4 cm³/mol. The van der Waals surface area contributed by atoms with Crippen molar-refractivity contribution in [3.8, 4) is 0 Å². The summed E-state index contributed by atoms with van der Waals surface area (Å²) in [5.41, 5.74) is -0.125. The first-order valence-corrected chi connectivity index (χ1v) is 6.49. The van der Waals surface area contributed by atoms with Crippen LogP contribution in [-0.4, -0.2) is 33.1 Å². The van der Waals surface area contributed by atoms with E-state index in [2.05, 4.69) is 9.97 Å². The summed E-state index contributed by atoms with van der Waals surface area (Å²) in [4.78, 5) is 30.8. The number of aromatic carboxylic acids is 1. The second-order valence-electron chi connectivity index (χ2n) is 3.81. The quantitative estimate of drug-likeness (QED) is 0.808. The van der Waals surface area contributed by atoms with Crippen molar-refractivity contribution in [3.05, 3.63) is 23.3 Å². The lowest BCUT2D eigenvalue weighted by atomic mass is 10.0. The summed E-state index contributed by atoms with van der Waals surface area (Å²) >= 11 is 1.49. The molecule has 92 valence electrons. The van der Waals surface area contributed by atoms with E-state index in [1.165, 1.54) is 18.0 Å². The molecule has 0 aliphatic rings. The van der Waals surface area contributed by atoms with Crippen molar-refractivity contribution in [2.24, 2.45) is 5.92 Å². The third kappa shape index (κ3) is 3.26. The summed E-state index contributed by atoms with van der Waals surface area (Å²) in [6.07, 6.45) is 3.18. The van der Waals surface area contributed by atoms with Crippen molar-refractivity contribution in [3.63, 3.8) is 0 Å². The Morgan fingerprint density at radius 2 is 2.12 bits per heavy atom. The predicted octanol–water partition coefficient (Wildman–Crippen LogP) is 1.88. The molecule has 0 fully saturated rings. The zero-order chi connectivity index (χ0) is 13.0. The lowest BCUT2D eigenvalue weighted by Gasteiger charge is -2.07. The second kappa shape index (κ2) is 5.77. The lowest BCUT2D eigenvalue weighted by molar-refractivity contribution is 0.0683. The maximum atomic E-state index is 11.8. The van der Waals surface area contributed by atoms with Gasteiger partial charge < -0.3 is 5.11 Å². The number of carboxylic acid groups (broad SMARTS) is 1. The Labute approximate surface area is 104 Å². The molecule has 1 rings (SSSR count). The Balaban J connectivity index is 3.22. The van der Waals surface area contributed by atoms with Gasteiger partial charge in [0, 0.05) is 12.1 Å². The molecule has 0 aliphatic heterocycles. The van der Waals surface area contributed by atoms with Crippen LogP contribution >= 0.6 is 11.8 Å². The van der Waals surface area contributed by atoms with Crippen molar-refractivity contribution in [2.75, 3.05) is 6.26 Å². The van der Waals surface area contributed by atoms with E-state index in [0.717, 1.165) is 0 Å². The number of thioether (sulfide) groups is 1. The Morgan fingerprint density at radius 1 is 1.47 bits per heavy atom. The van der Waals surface area contributed by atoms with Crippen molar-refractivity contribution in [1.29, 1.82) is 0 Å². The van der Waals surface area contributed by atoms with Crippen LogP contribution in [0.3, 0.4) is 0 Å². The van der Waals surface area contributed by atoms with Gasteiger partial charge in [-0.1, -0.05) is 13.8 Å². The van der Waals surface area contributed by atoms with E-state index < -0.39 is 5.97 Å². The van der Waals surface area contributed by atoms with Gasteiger partial charge in [-0.25, -0.2) is 14.8 Å². The number of carboxylic acids is 1. The third-order valence-electron chi connectivity index (χ3n) is 2.10. The summed E-state index contributed by atoms with van der Waals surface area (Å²) in [6.45, 7) is 3.42. The molecule has 5 nitrogen and oxygen atoms in total. The first-order valence-electron chi connectivity index (χ1n) is 5.09. The molecule has 0 saturated carbocycles. The van der Waals surface area contributed by atoms with Crippen LogP contribution in [0.2, 0.25) is 0 Å². The van der Waals surface area contributed by atoms with Gasteiger partial charge in [0.25, 0.3) is 0 Å². The van der Waals surface area contributed by atoms with Gasteiger partial charge in [-0.05, 0) is 6.26 Å². The number of carbonyl (C=O) groups excluding carboxylic acids is 1. The topological polar surface area (TPSA) is 80.2 Å². The maximum Gasteiger partial charge on any atom is 0.355 e. The minimum absolute atomic E-state index is 0.0809. The fourth-order valence-electron chi connectivity index (χ4n) is 1.27. The molecular weight excluding hydrogens is 240 g/mol. The third-order valence-corrected chi connectivity index (χ3v) is 2.65. The number of Topliss-reactive ketones (excluding diaryl/α,β-unsaturated/α-hetero) is 1. The summed E-state index contributed by atoms with van der Waals surface area (Å²) in [7, 11) is 0. The number of rotatable bonds is 5. The summed E-state index contributed by atoms with van der Waals surface area (Å²) in [6, 6.07) is 0. The maximum absolute atomic E-state index is 11.8. The van der Waals surface area contributed by atoms with E-state index >= 15 is 0 Å². The molecule has 0 amide bonds. The Kier molecular flexibility index (Phi) is 4.62. The van der Waals surface area contributed by atoms with Crippen molar-refractivity contribution in [2.45, 2.75) is 19.6 Å². The SMILES string of the molecule is CSCc1ncc(C(=O)C(C)C)c(C(=O)O)n1. The zero-order valence-corrected chi connectivity index (χ0v) is 10.7. The van der Waals surface area contributed by atoms with Crippen LogP contribution in [0.25, 0.3) is 0 Å².